The number of hydrogen-bond acceptors (Lipinski definition) is 4. The second kappa shape index (κ2) is 8.19. The lowest BCUT2D eigenvalue weighted by Crippen LogP contribution is -2.38. The van der Waals surface area contributed by atoms with E-state index < -0.39 is 12.0 Å². The van der Waals surface area contributed by atoms with Gasteiger partial charge in [-0.1, -0.05) is 42.5 Å². The third kappa shape index (κ3) is 4.47. The van der Waals surface area contributed by atoms with Gasteiger partial charge in [0.15, 0.2) is 11.5 Å². The molecular formula is C18H21NO4. The van der Waals surface area contributed by atoms with E-state index in [1.54, 1.807) is 20.3 Å². The van der Waals surface area contributed by atoms with Crippen LogP contribution in [0.3, 0.4) is 0 Å². The van der Waals surface area contributed by atoms with Crippen LogP contribution < -0.4 is 14.8 Å². The van der Waals surface area contributed by atoms with Crippen molar-refractivity contribution in [1.29, 1.82) is 0 Å². The van der Waals surface area contributed by atoms with Gasteiger partial charge in [0, 0.05) is 12.1 Å². The Morgan fingerprint density at radius 2 is 1.83 bits per heavy atom. The van der Waals surface area contributed by atoms with Crippen LogP contribution in [-0.4, -0.2) is 31.3 Å². The van der Waals surface area contributed by atoms with Crippen LogP contribution >= 0.6 is 0 Å². The predicted octanol–water partition coefficient (Wildman–Crippen LogP) is 2.49. The molecule has 5 heteroatoms. The lowest BCUT2D eigenvalue weighted by Gasteiger charge is -2.17. The van der Waals surface area contributed by atoms with Crippen molar-refractivity contribution in [2.75, 3.05) is 14.2 Å². The number of carboxylic acids is 1. The largest absolute Gasteiger partial charge is 0.493 e. The van der Waals surface area contributed by atoms with Gasteiger partial charge < -0.3 is 14.6 Å². The fourth-order valence-electron chi connectivity index (χ4n) is 2.42. The zero-order chi connectivity index (χ0) is 16.7. The molecule has 122 valence electrons. The molecule has 0 spiro atoms. The van der Waals surface area contributed by atoms with E-state index in [1.807, 2.05) is 42.5 Å². The fourth-order valence-corrected chi connectivity index (χ4v) is 2.42. The molecule has 0 aliphatic heterocycles. The van der Waals surface area contributed by atoms with Crippen molar-refractivity contribution in [3.8, 4) is 11.5 Å². The lowest BCUT2D eigenvalue weighted by atomic mass is 10.1. The van der Waals surface area contributed by atoms with Crippen LogP contribution in [0.4, 0.5) is 0 Å². The maximum Gasteiger partial charge on any atom is 0.321 e. The Balaban J connectivity index is 2.09. The molecule has 2 aromatic rings. The highest BCUT2D eigenvalue weighted by Crippen LogP contribution is 2.30. The minimum atomic E-state index is -0.879. The Hall–Kier alpha value is -2.53. The van der Waals surface area contributed by atoms with Crippen LogP contribution in [0.25, 0.3) is 0 Å². The molecule has 0 amide bonds. The Labute approximate surface area is 135 Å². The van der Waals surface area contributed by atoms with Crippen LogP contribution in [0.15, 0.2) is 48.5 Å². The van der Waals surface area contributed by atoms with Crippen LogP contribution in [-0.2, 0) is 17.8 Å². The van der Waals surface area contributed by atoms with E-state index in [1.165, 1.54) is 0 Å². The third-order valence-electron chi connectivity index (χ3n) is 3.60. The minimum Gasteiger partial charge on any atom is -0.493 e. The van der Waals surface area contributed by atoms with Crippen molar-refractivity contribution in [2.24, 2.45) is 0 Å². The zero-order valence-electron chi connectivity index (χ0n) is 13.3. The lowest BCUT2D eigenvalue weighted by molar-refractivity contribution is -0.139. The van der Waals surface area contributed by atoms with Gasteiger partial charge in [0.1, 0.15) is 6.04 Å². The SMILES string of the molecule is COc1cccc(CN[C@H](Cc2ccccc2)C(=O)O)c1OC. The molecule has 2 aromatic carbocycles. The summed E-state index contributed by atoms with van der Waals surface area (Å²) in [5.41, 5.74) is 1.83. The van der Waals surface area contributed by atoms with Gasteiger partial charge in [0.05, 0.1) is 14.2 Å². The van der Waals surface area contributed by atoms with Gasteiger partial charge in [0.2, 0.25) is 0 Å². The van der Waals surface area contributed by atoms with Crippen LogP contribution in [0, 0.1) is 0 Å². The van der Waals surface area contributed by atoms with Gasteiger partial charge in [-0.25, -0.2) is 0 Å². The van der Waals surface area contributed by atoms with Crippen molar-refractivity contribution < 1.29 is 19.4 Å². The number of benzene rings is 2. The topological polar surface area (TPSA) is 67.8 Å². The smallest absolute Gasteiger partial charge is 0.321 e. The summed E-state index contributed by atoms with van der Waals surface area (Å²) in [7, 11) is 3.14. The summed E-state index contributed by atoms with van der Waals surface area (Å²) >= 11 is 0. The van der Waals surface area contributed by atoms with Gasteiger partial charge in [0.25, 0.3) is 0 Å². The number of carbonyl (C=O) groups is 1. The highest BCUT2D eigenvalue weighted by Gasteiger charge is 2.18. The van der Waals surface area contributed by atoms with Gasteiger partial charge in [-0.3, -0.25) is 10.1 Å². The molecule has 0 aromatic heterocycles. The molecule has 0 radical (unpaired) electrons. The average Bonchev–Trinajstić information content (AvgIpc) is 2.58. The molecule has 0 aliphatic rings. The van der Waals surface area contributed by atoms with E-state index in [9.17, 15) is 9.90 Å². The fraction of sp³-hybridized carbons (Fsp3) is 0.278. The maximum absolute atomic E-state index is 11.5. The first-order chi connectivity index (χ1) is 11.2. The van der Waals surface area contributed by atoms with Crippen molar-refractivity contribution in [1.82, 2.24) is 5.32 Å². The molecule has 1 atom stereocenters. The molecule has 0 heterocycles. The highest BCUT2D eigenvalue weighted by molar-refractivity contribution is 5.74. The van der Waals surface area contributed by atoms with E-state index >= 15 is 0 Å². The summed E-state index contributed by atoms with van der Waals surface area (Å²) in [6.07, 6.45) is 0.419. The van der Waals surface area contributed by atoms with E-state index in [0.29, 0.717) is 24.5 Å². The molecule has 0 bridgehead atoms. The molecule has 0 unspecified atom stereocenters. The second-order valence-electron chi connectivity index (χ2n) is 5.11. The van der Waals surface area contributed by atoms with E-state index in [0.717, 1.165) is 11.1 Å². The molecule has 0 fully saturated rings. The van der Waals surface area contributed by atoms with E-state index in [-0.39, 0.29) is 0 Å². The first kappa shape index (κ1) is 16.8. The predicted molar refractivity (Wildman–Crippen MR) is 88.0 cm³/mol. The van der Waals surface area contributed by atoms with Crippen molar-refractivity contribution in [3.05, 3.63) is 59.7 Å². The third-order valence-corrected chi connectivity index (χ3v) is 3.60. The van der Waals surface area contributed by atoms with Crippen LogP contribution in [0.5, 0.6) is 11.5 Å². The number of ether oxygens (including phenoxy) is 2. The number of methoxy groups -OCH3 is 2. The Kier molecular flexibility index (Phi) is 6.00. The number of nitrogens with one attached hydrogen (secondary N) is 1. The molecule has 23 heavy (non-hydrogen) atoms. The van der Waals surface area contributed by atoms with E-state index in [4.69, 9.17) is 9.47 Å². The number of para-hydroxylation sites is 1. The summed E-state index contributed by atoms with van der Waals surface area (Å²) in [5, 5.41) is 12.5. The average molecular weight is 315 g/mol. The molecule has 0 saturated carbocycles. The van der Waals surface area contributed by atoms with E-state index in [2.05, 4.69) is 5.32 Å². The summed E-state index contributed by atoms with van der Waals surface area (Å²) in [6, 6.07) is 14.4. The maximum atomic E-state index is 11.5. The summed E-state index contributed by atoms with van der Waals surface area (Å²) < 4.78 is 10.6. The Bertz CT molecular complexity index is 643. The van der Waals surface area contributed by atoms with Crippen LogP contribution in [0.1, 0.15) is 11.1 Å². The highest BCUT2D eigenvalue weighted by atomic mass is 16.5. The number of rotatable bonds is 8. The van der Waals surface area contributed by atoms with Crippen LogP contribution in [0.2, 0.25) is 0 Å². The summed E-state index contributed by atoms with van der Waals surface area (Å²) in [6.45, 7) is 0.379. The van der Waals surface area contributed by atoms with Gasteiger partial charge in [-0.05, 0) is 18.1 Å². The van der Waals surface area contributed by atoms with Gasteiger partial charge in [-0.15, -0.1) is 0 Å². The molecule has 5 nitrogen and oxygen atoms in total. The first-order valence-electron chi connectivity index (χ1n) is 7.35. The molecule has 0 saturated heterocycles. The molecule has 0 aliphatic carbocycles. The first-order valence-corrected chi connectivity index (χ1v) is 7.35. The van der Waals surface area contributed by atoms with Gasteiger partial charge >= 0.3 is 5.97 Å². The normalized spacial score (nSPS) is 11.7. The zero-order valence-corrected chi connectivity index (χ0v) is 13.3. The Morgan fingerprint density at radius 3 is 2.43 bits per heavy atom. The monoisotopic (exact) mass is 315 g/mol. The van der Waals surface area contributed by atoms with Crippen molar-refractivity contribution in [3.63, 3.8) is 0 Å². The van der Waals surface area contributed by atoms with Gasteiger partial charge in [-0.2, -0.15) is 0 Å². The number of carboxylic acid groups (broad SMARTS) is 1. The number of hydrogen-bond donors (Lipinski definition) is 2. The second-order valence-corrected chi connectivity index (χ2v) is 5.11. The van der Waals surface area contributed by atoms with Crippen molar-refractivity contribution >= 4 is 5.97 Å². The molecule has 2 rings (SSSR count). The van der Waals surface area contributed by atoms with Crippen molar-refractivity contribution in [2.45, 2.75) is 19.0 Å². The summed E-state index contributed by atoms with van der Waals surface area (Å²) in [5.74, 6) is 0.365. The minimum absolute atomic E-state index is 0.379. The standard InChI is InChI=1S/C18H21NO4/c1-22-16-10-6-9-14(17(16)23-2)12-19-15(18(20)21)11-13-7-4-3-5-8-13/h3-10,15,19H,11-12H2,1-2H3,(H,20,21)/t15-/m1/s1. The summed E-state index contributed by atoms with van der Waals surface area (Å²) in [4.78, 5) is 11.5. The quantitative estimate of drug-likeness (QED) is 0.783. The molecular weight excluding hydrogens is 294 g/mol. The number of aliphatic carboxylic acids is 1. The molecule has 2 N–H and O–H groups in total. The Morgan fingerprint density at radius 1 is 1.09 bits per heavy atom.